The first-order valence-electron chi connectivity index (χ1n) is 7.04. The first-order valence-corrected chi connectivity index (χ1v) is 7.42. The third-order valence-corrected chi connectivity index (χ3v) is 3.56. The average Bonchev–Trinajstić information content (AvgIpc) is 2.42. The van der Waals surface area contributed by atoms with Crippen LogP contribution in [0.15, 0.2) is 23.0 Å². The van der Waals surface area contributed by atoms with Gasteiger partial charge in [0.05, 0.1) is 16.9 Å². The maximum atomic E-state index is 12.0. The van der Waals surface area contributed by atoms with Crippen molar-refractivity contribution < 1.29 is 0 Å². The highest BCUT2D eigenvalue weighted by Crippen LogP contribution is 2.16. The molecule has 0 aliphatic carbocycles. The third-order valence-electron chi connectivity index (χ3n) is 3.33. The van der Waals surface area contributed by atoms with Crippen LogP contribution in [0.5, 0.6) is 0 Å². The van der Waals surface area contributed by atoms with Gasteiger partial charge in [-0.05, 0) is 38.1 Å². The first kappa shape index (κ1) is 15.0. The lowest BCUT2D eigenvalue weighted by atomic mass is 10.2. The topological polar surface area (TPSA) is 57.8 Å². The van der Waals surface area contributed by atoms with E-state index in [0.29, 0.717) is 21.7 Å². The first-order chi connectivity index (χ1) is 9.61. The van der Waals surface area contributed by atoms with Crippen molar-refractivity contribution >= 4 is 22.5 Å². The Balaban J connectivity index is 2.19. The summed E-state index contributed by atoms with van der Waals surface area (Å²) in [6, 6.07) is 5.14. The van der Waals surface area contributed by atoms with Crippen LogP contribution in [0.25, 0.3) is 10.9 Å². The van der Waals surface area contributed by atoms with Gasteiger partial charge in [0.2, 0.25) is 0 Å². The fraction of sp³-hybridized carbons (Fsp3) is 0.467. The summed E-state index contributed by atoms with van der Waals surface area (Å²) >= 11 is 5.95. The third kappa shape index (κ3) is 3.58. The molecule has 4 nitrogen and oxygen atoms in total. The summed E-state index contributed by atoms with van der Waals surface area (Å²) in [4.78, 5) is 19.4. The number of unbranched alkanes of at least 4 members (excludes halogenated alkanes) is 2. The van der Waals surface area contributed by atoms with Crippen molar-refractivity contribution in [3.05, 3.63) is 39.4 Å². The largest absolute Gasteiger partial charge is 0.309 e. The quantitative estimate of drug-likeness (QED) is 0.802. The van der Waals surface area contributed by atoms with Crippen molar-refractivity contribution in [2.75, 3.05) is 6.54 Å². The predicted molar refractivity (Wildman–Crippen MR) is 83.3 cm³/mol. The zero-order chi connectivity index (χ0) is 14.5. The number of nitrogens with zero attached hydrogens (tertiary/aromatic N) is 1. The van der Waals surface area contributed by atoms with Crippen LogP contribution in [-0.2, 0) is 0 Å². The zero-order valence-corrected chi connectivity index (χ0v) is 12.6. The highest BCUT2D eigenvalue weighted by atomic mass is 35.5. The van der Waals surface area contributed by atoms with E-state index in [1.54, 1.807) is 18.2 Å². The molecule has 0 fully saturated rings. The Hall–Kier alpha value is -1.39. The number of aromatic amines is 1. The lowest BCUT2D eigenvalue weighted by molar-refractivity contribution is 0.524. The van der Waals surface area contributed by atoms with Crippen molar-refractivity contribution in [3.63, 3.8) is 0 Å². The summed E-state index contributed by atoms with van der Waals surface area (Å²) in [6.07, 6.45) is 3.53. The standard InChI is InChI=1S/C15H20ClN3O/c1-3-4-5-8-17-10(2)14-18-13-9-11(16)6-7-12(13)15(20)19-14/h6-7,9-10,17H,3-5,8H2,1-2H3,(H,18,19,20)/t10-/m1/s1. The molecular weight excluding hydrogens is 274 g/mol. The maximum Gasteiger partial charge on any atom is 0.258 e. The number of hydrogen-bond acceptors (Lipinski definition) is 3. The molecule has 1 aromatic carbocycles. The van der Waals surface area contributed by atoms with Gasteiger partial charge in [0.1, 0.15) is 5.82 Å². The summed E-state index contributed by atoms with van der Waals surface area (Å²) < 4.78 is 0. The molecule has 108 valence electrons. The second kappa shape index (κ2) is 6.86. The van der Waals surface area contributed by atoms with Crippen molar-refractivity contribution in [3.8, 4) is 0 Å². The van der Waals surface area contributed by atoms with Gasteiger partial charge in [-0.1, -0.05) is 31.4 Å². The Morgan fingerprint density at radius 3 is 2.95 bits per heavy atom. The van der Waals surface area contributed by atoms with Gasteiger partial charge >= 0.3 is 0 Å². The van der Waals surface area contributed by atoms with Gasteiger partial charge < -0.3 is 10.3 Å². The van der Waals surface area contributed by atoms with Crippen LogP contribution in [0.1, 0.15) is 45.0 Å². The summed E-state index contributed by atoms with van der Waals surface area (Å²) in [5.41, 5.74) is 0.516. The number of rotatable bonds is 6. The van der Waals surface area contributed by atoms with Gasteiger partial charge in [-0.25, -0.2) is 4.98 Å². The fourth-order valence-corrected chi connectivity index (χ4v) is 2.29. The molecular formula is C15H20ClN3O. The van der Waals surface area contributed by atoms with Crippen LogP contribution in [0, 0.1) is 0 Å². The molecule has 0 spiro atoms. The van der Waals surface area contributed by atoms with E-state index < -0.39 is 0 Å². The molecule has 5 heteroatoms. The van der Waals surface area contributed by atoms with E-state index in [9.17, 15) is 4.79 Å². The van der Waals surface area contributed by atoms with Crippen molar-refractivity contribution in [2.24, 2.45) is 0 Å². The van der Waals surface area contributed by atoms with E-state index in [1.807, 2.05) is 6.92 Å². The van der Waals surface area contributed by atoms with E-state index >= 15 is 0 Å². The van der Waals surface area contributed by atoms with Crippen LogP contribution in [0.3, 0.4) is 0 Å². The number of H-pyrrole nitrogens is 1. The van der Waals surface area contributed by atoms with Gasteiger partial charge in [-0.3, -0.25) is 4.79 Å². The van der Waals surface area contributed by atoms with E-state index in [4.69, 9.17) is 11.6 Å². The Labute approximate surface area is 123 Å². The van der Waals surface area contributed by atoms with Crippen LogP contribution >= 0.6 is 11.6 Å². The summed E-state index contributed by atoms with van der Waals surface area (Å²) in [5.74, 6) is 0.654. The Morgan fingerprint density at radius 1 is 1.40 bits per heavy atom. The summed E-state index contributed by atoms with van der Waals surface area (Å²) in [5, 5.41) is 4.53. The number of nitrogens with one attached hydrogen (secondary N) is 2. The molecule has 2 aromatic rings. The molecule has 20 heavy (non-hydrogen) atoms. The molecule has 0 bridgehead atoms. The maximum absolute atomic E-state index is 12.0. The minimum atomic E-state index is -0.121. The van der Waals surface area contributed by atoms with Gasteiger partial charge in [-0.15, -0.1) is 0 Å². The number of benzene rings is 1. The van der Waals surface area contributed by atoms with E-state index in [2.05, 4.69) is 22.2 Å². The minimum absolute atomic E-state index is 0.0166. The SMILES string of the molecule is CCCCCN[C@H](C)c1nc2cc(Cl)ccc2c(=O)[nH]1. The summed E-state index contributed by atoms with van der Waals surface area (Å²) in [6.45, 7) is 5.10. The Kier molecular flexibility index (Phi) is 5.15. The van der Waals surface area contributed by atoms with E-state index in [-0.39, 0.29) is 11.6 Å². The smallest absolute Gasteiger partial charge is 0.258 e. The zero-order valence-electron chi connectivity index (χ0n) is 11.9. The predicted octanol–water partition coefficient (Wildman–Crippen LogP) is 3.42. The van der Waals surface area contributed by atoms with Crippen molar-refractivity contribution in [1.29, 1.82) is 0 Å². The molecule has 1 aromatic heterocycles. The molecule has 2 rings (SSSR count). The Morgan fingerprint density at radius 2 is 2.20 bits per heavy atom. The molecule has 0 saturated heterocycles. The van der Waals surface area contributed by atoms with E-state index in [0.717, 1.165) is 13.0 Å². The van der Waals surface area contributed by atoms with Gasteiger partial charge in [0.15, 0.2) is 0 Å². The monoisotopic (exact) mass is 293 g/mol. The van der Waals surface area contributed by atoms with Crippen molar-refractivity contribution in [1.82, 2.24) is 15.3 Å². The van der Waals surface area contributed by atoms with Gasteiger partial charge in [-0.2, -0.15) is 0 Å². The van der Waals surface area contributed by atoms with Crippen molar-refractivity contribution in [2.45, 2.75) is 39.2 Å². The van der Waals surface area contributed by atoms with E-state index in [1.165, 1.54) is 12.8 Å². The second-order valence-corrected chi connectivity index (χ2v) is 5.43. The minimum Gasteiger partial charge on any atom is -0.309 e. The highest BCUT2D eigenvalue weighted by Gasteiger charge is 2.10. The molecule has 2 N–H and O–H groups in total. The molecule has 0 saturated carbocycles. The second-order valence-electron chi connectivity index (χ2n) is 5.00. The number of hydrogen-bond donors (Lipinski definition) is 2. The number of aromatic nitrogens is 2. The van der Waals surface area contributed by atoms with Gasteiger partial charge in [0.25, 0.3) is 5.56 Å². The fourth-order valence-electron chi connectivity index (χ4n) is 2.13. The summed E-state index contributed by atoms with van der Waals surface area (Å²) in [7, 11) is 0. The average molecular weight is 294 g/mol. The lowest BCUT2D eigenvalue weighted by Crippen LogP contribution is -2.24. The molecule has 0 aliphatic rings. The molecule has 0 aliphatic heterocycles. The van der Waals surface area contributed by atoms with Crippen LogP contribution in [-0.4, -0.2) is 16.5 Å². The Bertz CT molecular complexity index is 639. The highest BCUT2D eigenvalue weighted by molar-refractivity contribution is 6.31. The molecule has 1 atom stereocenters. The molecule has 0 radical (unpaired) electrons. The van der Waals surface area contributed by atoms with Crippen LogP contribution in [0.4, 0.5) is 0 Å². The molecule has 0 unspecified atom stereocenters. The number of fused-ring (bicyclic) bond motifs is 1. The number of halogens is 1. The lowest BCUT2D eigenvalue weighted by Gasteiger charge is -2.13. The van der Waals surface area contributed by atoms with Gasteiger partial charge in [0, 0.05) is 5.02 Å². The molecule has 1 heterocycles. The van der Waals surface area contributed by atoms with Crippen LogP contribution < -0.4 is 10.9 Å². The molecule has 0 amide bonds. The van der Waals surface area contributed by atoms with Crippen LogP contribution in [0.2, 0.25) is 5.02 Å². The normalized spacial score (nSPS) is 12.8.